The molecule has 6 nitrogen and oxygen atoms in total. The van der Waals surface area contributed by atoms with Crippen LogP contribution in [-0.4, -0.2) is 60.9 Å². The molecule has 1 atom stereocenters. The molecule has 0 saturated carbocycles. The maximum absolute atomic E-state index is 12.6. The molecule has 1 saturated heterocycles. The molecule has 0 aliphatic carbocycles. The van der Waals surface area contributed by atoms with Crippen molar-refractivity contribution >= 4 is 15.9 Å². The predicted octanol–water partition coefficient (Wildman–Crippen LogP) is 0.536. The van der Waals surface area contributed by atoms with E-state index in [9.17, 15) is 18.3 Å². The lowest BCUT2D eigenvalue weighted by Gasteiger charge is -2.23. The second-order valence-electron chi connectivity index (χ2n) is 5.96. The third kappa shape index (κ3) is 3.85. The summed E-state index contributed by atoms with van der Waals surface area (Å²) in [6.07, 6.45) is -0.885. The molecule has 1 unspecified atom stereocenters. The smallest absolute Gasteiger partial charge is 0.243 e. The molecule has 7 heteroatoms. The van der Waals surface area contributed by atoms with Crippen molar-refractivity contribution in [3.05, 3.63) is 30.3 Å². The van der Waals surface area contributed by atoms with Crippen LogP contribution in [0.4, 0.5) is 0 Å². The van der Waals surface area contributed by atoms with E-state index in [2.05, 4.69) is 0 Å². The van der Waals surface area contributed by atoms with Crippen molar-refractivity contribution in [1.29, 1.82) is 0 Å². The summed E-state index contributed by atoms with van der Waals surface area (Å²) < 4.78 is 26.3. The average molecular weight is 326 g/mol. The molecule has 0 radical (unpaired) electrons. The topological polar surface area (TPSA) is 77.9 Å². The van der Waals surface area contributed by atoms with Gasteiger partial charge in [0.05, 0.1) is 17.5 Å². The van der Waals surface area contributed by atoms with Gasteiger partial charge in [-0.05, 0) is 18.1 Å². The van der Waals surface area contributed by atoms with E-state index < -0.39 is 16.1 Å². The van der Waals surface area contributed by atoms with Crippen molar-refractivity contribution in [3.8, 4) is 0 Å². The quantitative estimate of drug-likeness (QED) is 0.876. The standard InChI is InChI=1S/C15H22N2O4S/c1-12(2)8-16-9-13(18)10-17(11-15(16)19)22(20,21)14-6-4-3-5-7-14/h3-7,12-13,18H,8-11H2,1-2H3. The first kappa shape index (κ1) is 16.9. The van der Waals surface area contributed by atoms with E-state index >= 15 is 0 Å². The van der Waals surface area contributed by atoms with Gasteiger partial charge >= 0.3 is 0 Å². The molecule has 122 valence electrons. The zero-order chi connectivity index (χ0) is 16.3. The number of rotatable bonds is 4. The van der Waals surface area contributed by atoms with Crippen molar-refractivity contribution in [2.45, 2.75) is 24.8 Å². The minimum Gasteiger partial charge on any atom is -0.390 e. The first-order valence-corrected chi connectivity index (χ1v) is 8.75. The van der Waals surface area contributed by atoms with Crippen LogP contribution in [0.25, 0.3) is 0 Å². The fourth-order valence-electron chi connectivity index (χ4n) is 2.51. The van der Waals surface area contributed by atoms with Gasteiger partial charge in [-0.15, -0.1) is 0 Å². The Balaban J connectivity index is 2.24. The Morgan fingerprint density at radius 1 is 1.23 bits per heavy atom. The molecule has 1 aromatic rings. The number of carbonyl (C=O) groups is 1. The minimum absolute atomic E-state index is 0.0719. The predicted molar refractivity (Wildman–Crippen MR) is 82.6 cm³/mol. The number of carbonyl (C=O) groups excluding carboxylic acids is 1. The summed E-state index contributed by atoms with van der Waals surface area (Å²) in [6, 6.07) is 7.97. The van der Waals surface area contributed by atoms with E-state index in [0.717, 1.165) is 4.31 Å². The highest BCUT2D eigenvalue weighted by Gasteiger charge is 2.34. The second kappa shape index (κ2) is 6.76. The van der Waals surface area contributed by atoms with E-state index in [-0.39, 0.29) is 36.4 Å². The SMILES string of the molecule is CC(C)CN1CC(O)CN(S(=O)(=O)c2ccccc2)CC1=O. The number of aliphatic hydroxyl groups excluding tert-OH is 1. The highest BCUT2D eigenvalue weighted by atomic mass is 32.2. The van der Waals surface area contributed by atoms with Crippen LogP contribution >= 0.6 is 0 Å². The molecule has 2 rings (SSSR count). The largest absolute Gasteiger partial charge is 0.390 e. The third-order valence-corrected chi connectivity index (χ3v) is 5.30. The molecule has 1 heterocycles. The van der Waals surface area contributed by atoms with Crippen molar-refractivity contribution in [3.63, 3.8) is 0 Å². The summed E-state index contributed by atoms with van der Waals surface area (Å²) in [7, 11) is -3.78. The third-order valence-electron chi connectivity index (χ3n) is 3.48. The lowest BCUT2D eigenvalue weighted by molar-refractivity contribution is -0.131. The highest BCUT2D eigenvalue weighted by molar-refractivity contribution is 7.89. The molecule has 0 aromatic heterocycles. The molecule has 22 heavy (non-hydrogen) atoms. The Labute approximate surface area is 131 Å². The molecule has 1 aliphatic heterocycles. The van der Waals surface area contributed by atoms with Crippen LogP contribution in [0.15, 0.2) is 35.2 Å². The second-order valence-corrected chi connectivity index (χ2v) is 7.89. The van der Waals surface area contributed by atoms with Gasteiger partial charge in [0.1, 0.15) is 0 Å². The number of hydrogen-bond donors (Lipinski definition) is 1. The van der Waals surface area contributed by atoms with Crippen LogP contribution in [-0.2, 0) is 14.8 Å². The summed E-state index contributed by atoms with van der Waals surface area (Å²) in [5.74, 6) is -0.0156. The number of β-amino-alcohol motifs (C(OH)–C–C–N with tert-alkyl or cyclic N) is 1. The molecule has 1 aliphatic rings. The van der Waals surface area contributed by atoms with E-state index in [1.165, 1.54) is 17.0 Å². The maximum Gasteiger partial charge on any atom is 0.243 e. The number of benzene rings is 1. The minimum atomic E-state index is -3.78. The van der Waals surface area contributed by atoms with Gasteiger partial charge in [0.15, 0.2) is 0 Å². The van der Waals surface area contributed by atoms with Gasteiger partial charge < -0.3 is 10.0 Å². The van der Waals surface area contributed by atoms with Gasteiger partial charge in [-0.3, -0.25) is 4.79 Å². The number of hydrogen-bond acceptors (Lipinski definition) is 4. The van der Waals surface area contributed by atoms with E-state index in [4.69, 9.17) is 0 Å². The fraction of sp³-hybridized carbons (Fsp3) is 0.533. The molecular formula is C15H22N2O4S. The maximum atomic E-state index is 12.6. The first-order chi connectivity index (χ1) is 10.3. The lowest BCUT2D eigenvalue weighted by Crippen LogP contribution is -2.40. The average Bonchev–Trinajstić information content (AvgIpc) is 2.59. The van der Waals surface area contributed by atoms with Crippen LogP contribution in [0.3, 0.4) is 0 Å². The van der Waals surface area contributed by atoms with Crippen LogP contribution in [0, 0.1) is 5.92 Å². The van der Waals surface area contributed by atoms with Crippen molar-refractivity contribution in [2.24, 2.45) is 5.92 Å². The molecule has 1 N–H and O–H groups in total. The molecular weight excluding hydrogens is 304 g/mol. The van der Waals surface area contributed by atoms with Gasteiger partial charge in [-0.1, -0.05) is 32.0 Å². The van der Waals surface area contributed by atoms with Gasteiger partial charge in [0.25, 0.3) is 0 Å². The van der Waals surface area contributed by atoms with Crippen molar-refractivity contribution < 1.29 is 18.3 Å². The Kier molecular flexibility index (Phi) is 5.20. The number of amides is 1. The molecule has 0 spiro atoms. The van der Waals surface area contributed by atoms with E-state index in [1.54, 1.807) is 18.2 Å². The zero-order valence-corrected chi connectivity index (χ0v) is 13.7. The molecule has 0 bridgehead atoms. The van der Waals surface area contributed by atoms with Gasteiger partial charge in [0.2, 0.25) is 15.9 Å². The monoisotopic (exact) mass is 326 g/mol. The Bertz CT molecular complexity index is 616. The van der Waals surface area contributed by atoms with E-state index in [0.29, 0.717) is 6.54 Å². The van der Waals surface area contributed by atoms with Crippen LogP contribution < -0.4 is 0 Å². The zero-order valence-electron chi connectivity index (χ0n) is 12.8. The normalized spacial score (nSPS) is 21.2. The Morgan fingerprint density at radius 3 is 2.45 bits per heavy atom. The van der Waals surface area contributed by atoms with Crippen molar-refractivity contribution in [2.75, 3.05) is 26.2 Å². The summed E-state index contributed by atoms with van der Waals surface area (Å²) in [4.78, 5) is 14.0. The summed E-state index contributed by atoms with van der Waals surface area (Å²) >= 11 is 0. The summed E-state index contributed by atoms with van der Waals surface area (Å²) in [5.41, 5.74) is 0. The summed E-state index contributed by atoms with van der Waals surface area (Å²) in [6.45, 7) is 4.32. The van der Waals surface area contributed by atoms with Gasteiger partial charge in [-0.25, -0.2) is 8.42 Å². The van der Waals surface area contributed by atoms with Crippen molar-refractivity contribution in [1.82, 2.24) is 9.21 Å². The Morgan fingerprint density at radius 2 is 1.86 bits per heavy atom. The van der Waals surface area contributed by atoms with Gasteiger partial charge in [0, 0.05) is 19.6 Å². The summed E-state index contributed by atoms with van der Waals surface area (Å²) in [5, 5.41) is 10.1. The number of sulfonamides is 1. The van der Waals surface area contributed by atoms with Gasteiger partial charge in [-0.2, -0.15) is 4.31 Å². The molecule has 1 amide bonds. The molecule has 1 fully saturated rings. The van der Waals surface area contributed by atoms with Crippen LogP contribution in [0.2, 0.25) is 0 Å². The van der Waals surface area contributed by atoms with Crippen LogP contribution in [0.1, 0.15) is 13.8 Å². The lowest BCUT2D eigenvalue weighted by atomic mass is 10.2. The van der Waals surface area contributed by atoms with E-state index in [1.807, 2.05) is 13.8 Å². The number of nitrogens with zero attached hydrogens (tertiary/aromatic N) is 2. The Hall–Kier alpha value is -1.44. The van der Waals surface area contributed by atoms with Crippen LogP contribution in [0.5, 0.6) is 0 Å². The number of aliphatic hydroxyl groups is 1. The highest BCUT2D eigenvalue weighted by Crippen LogP contribution is 2.18. The first-order valence-electron chi connectivity index (χ1n) is 7.31. The fourth-order valence-corrected chi connectivity index (χ4v) is 3.95. The molecule has 1 aromatic carbocycles.